The molecular weight excluding hydrogens is 328 g/mol. The van der Waals surface area contributed by atoms with E-state index in [4.69, 9.17) is 0 Å². The largest absolute Gasteiger partial charge is 0.347 e. The lowest BCUT2D eigenvalue weighted by Gasteiger charge is -2.18. The highest BCUT2D eigenvalue weighted by Crippen LogP contribution is 2.24. The molecule has 132 valence electrons. The maximum atomic E-state index is 12.4. The second-order valence-electron chi connectivity index (χ2n) is 6.52. The van der Waals surface area contributed by atoms with Crippen molar-refractivity contribution in [3.8, 4) is 0 Å². The molecule has 3 N–H and O–H groups in total. The lowest BCUT2D eigenvalue weighted by atomic mass is 9.88. The summed E-state index contributed by atoms with van der Waals surface area (Å²) in [6.45, 7) is 7.79. The number of nitrogens with one attached hydrogen (secondary N) is 3. The molecule has 0 aliphatic heterocycles. The summed E-state index contributed by atoms with van der Waals surface area (Å²) in [5.41, 5.74) is 1.10. The Bertz CT molecular complexity index is 1160. The fraction of sp³-hybridized carbons (Fsp3) is 0.150. The lowest BCUT2D eigenvalue weighted by molar-refractivity contribution is 0.648. The van der Waals surface area contributed by atoms with Crippen LogP contribution in [0.5, 0.6) is 0 Å². The molecule has 0 unspecified atom stereocenters. The molecule has 3 rings (SSSR count). The molecule has 0 atom stereocenters. The lowest BCUT2D eigenvalue weighted by Crippen LogP contribution is -2.46. The molecule has 0 aliphatic rings. The van der Waals surface area contributed by atoms with E-state index in [1.54, 1.807) is 24.6 Å². The van der Waals surface area contributed by atoms with E-state index in [1.165, 1.54) is 0 Å². The van der Waals surface area contributed by atoms with Crippen LogP contribution in [0.3, 0.4) is 0 Å². The van der Waals surface area contributed by atoms with Crippen molar-refractivity contribution in [3.63, 3.8) is 0 Å². The van der Waals surface area contributed by atoms with Gasteiger partial charge < -0.3 is 15.0 Å². The molecule has 0 radical (unpaired) electrons. The third kappa shape index (κ3) is 3.49. The minimum absolute atomic E-state index is 0.147. The molecular formula is C20H20N4O2. The van der Waals surface area contributed by atoms with Crippen LogP contribution >= 0.6 is 0 Å². The molecule has 6 nitrogen and oxygen atoms in total. The summed E-state index contributed by atoms with van der Waals surface area (Å²) in [7, 11) is 0. The third-order valence-corrected chi connectivity index (χ3v) is 4.20. The minimum Gasteiger partial charge on any atom is -0.347 e. The van der Waals surface area contributed by atoms with Gasteiger partial charge in [-0.25, -0.2) is 4.98 Å². The minimum atomic E-state index is -0.392. The van der Waals surface area contributed by atoms with Crippen molar-refractivity contribution < 1.29 is 0 Å². The van der Waals surface area contributed by atoms with Gasteiger partial charge in [-0.1, -0.05) is 50.3 Å². The highest BCUT2D eigenvalue weighted by atomic mass is 16.1. The molecule has 0 spiro atoms. The van der Waals surface area contributed by atoms with E-state index in [9.17, 15) is 9.59 Å². The first-order valence-corrected chi connectivity index (χ1v) is 8.19. The molecule has 1 aromatic carbocycles. The molecule has 0 fully saturated rings. The second kappa shape index (κ2) is 6.84. The average molecular weight is 348 g/mol. The first-order chi connectivity index (χ1) is 12.4. The van der Waals surface area contributed by atoms with Crippen LogP contribution < -0.4 is 21.8 Å². The molecule has 0 aliphatic carbocycles. The molecule has 2 aromatic heterocycles. The smallest absolute Gasteiger partial charge is 0.272 e. The normalized spacial score (nSPS) is 13.2. The van der Waals surface area contributed by atoms with Crippen molar-refractivity contribution >= 4 is 12.2 Å². The monoisotopic (exact) mass is 348 g/mol. The molecule has 0 saturated heterocycles. The Kier molecular flexibility index (Phi) is 4.58. The van der Waals surface area contributed by atoms with Crippen LogP contribution in [0.4, 0.5) is 0 Å². The van der Waals surface area contributed by atoms with Crippen LogP contribution in [0.25, 0.3) is 12.2 Å². The van der Waals surface area contributed by atoms with Crippen molar-refractivity contribution in [2.24, 2.45) is 0 Å². The Morgan fingerprint density at radius 2 is 1.62 bits per heavy atom. The number of aromatic amines is 3. The Morgan fingerprint density at radius 3 is 2.23 bits per heavy atom. The first kappa shape index (κ1) is 17.4. The van der Waals surface area contributed by atoms with Gasteiger partial charge >= 0.3 is 0 Å². The fourth-order valence-corrected chi connectivity index (χ4v) is 2.58. The van der Waals surface area contributed by atoms with Gasteiger partial charge in [-0.3, -0.25) is 9.59 Å². The average Bonchev–Trinajstić information content (AvgIpc) is 3.09. The van der Waals surface area contributed by atoms with Gasteiger partial charge in [-0.15, -0.1) is 6.58 Å². The first-order valence-electron chi connectivity index (χ1n) is 8.19. The molecule has 0 saturated carbocycles. The van der Waals surface area contributed by atoms with E-state index in [1.807, 2.05) is 44.2 Å². The zero-order chi connectivity index (χ0) is 18.7. The second-order valence-corrected chi connectivity index (χ2v) is 6.52. The number of benzene rings is 1. The maximum absolute atomic E-state index is 12.4. The van der Waals surface area contributed by atoms with Gasteiger partial charge in [0.1, 0.15) is 10.7 Å². The summed E-state index contributed by atoms with van der Waals surface area (Å²) in [5, 5.41) is 0.348. The summed E-state index contributed by atoms with van der Waals surface area (Å²) < 4.78 is 0. The molecule has 26 heavy (non-hydrogen) atoms. The van der Waals surface area contributed by atoms with Crippen molar-refractivity contribution in [2.45, 2.75) is 19.3 Å². The van der Waals surface area contributed by atoms with Crippen LogP contribution in [-0.2, 0) is 5.41 Å². The Hall–Kier alpha value is -3.41. The van der Waals surface area contributed by atoms with Crippen LogP contribution in [0, 0.1) is 0 Å². The third-order valence-electron chi connectivity index (χ3n) is 4.20. The van der Waals surface area contributed by atoms with Gasteiger partial charge in [0.15, 0.2) is 0 Å². The summed E-state index contributed by atoms with van der Waals surface area (Å²) in [5.74, 6) is 0. The summed E-state index contributed by atoms with van der Waals surface area (Å²) in [6, 6.07) is 9.31. The number of nitrogens with zero attached hydrogens (tertiary/aromatic N) is 1. The molecule has 6 heteroatoms. The molecule has 0 bridgehead atoms. The number of rotatable bonds is 4. The number of H-pyrrole nitrogens is 3. The van der Waals surface area contributed by atoms with E-state index in [0.717, 1.165) is 11.3 Å². The highest BCUT2D eigenvalue weighted by molar-refractivity contribution is 5.50. The predicted octanol–water partition coefficient (Wildman–Crippen LogP) is 0.907. The van der Waals surface area contributed by atoms with Gasteiger partial charge in [0.25, 0.3) is 11.1 Å². The topological polar surface area (TPSA) is 94.4 Å². The molecule has 3 aromatic rings. The van der Waals surface area contributed by atoms with Crippen LogP contribution in [0.1, 0.15) is 30.8 Å². The van der Waals surface area contributed by atoms with Crippen molar-refractivity contribution in [2.75, 3.05) is 0 Å². The number of hydrogen-bond acceptors (Lipinski definition) is 3. The quantitative estimate of drug-likeness (QED) is 0.612. The van der Waals surface area contributed by atoms with E-state index >= 15 is 0 Å². The SMILES string of the molecule is C=CC(C)(C)c1[nH]cnc1/C=c1/[nH]c(=O)/c(=C\c2ccccc2)[nH]c1=O. The Balaban J connectivity index is 2.14. The summed E-state index contributed by atoms with van der Waals surface area (Å²) in [4.78, 5) is 37.3. The zero-order valence-electron chi connectivity index (χ0n) is 14.7. The van der Waals surface area contributed by atoms with Crippen LogP contribution in [-0.4, -0.2) is 19.9 Å². The maximum Gasteiger partial charge on any atom is 0.272 e. The van der Waals surface area contributed by atoms with E-state index in [-0.39, 0.29) is 21.7 Å². The van der Waals surface area contributed by atoms with Crippen molar-refractivity contribution in [3.05, 3.63) is 97.7 Å². The summed E-state index contributed by atoms with van der Waals surface area (Å²) in [6.07, 6.45) is 6.54. The Labute approximate surface area is 149 Å². The molecule has 2 heterocycles. The van der Waals surface area contributed by atoms with E-state index < -0.39 is 5.56 Å². The van der Waals surface area contributed by atoms with Crippen molar-refractivity contribution in [1.29, 1.82) is 0 Å². The van der Waals surface area contributed by atoms with Gasteiger partial charge in [0, 0.05) is 5.41 Å². The predicted molar refractivity (Wildman–Crippen MR) is 102 cm³/mol. The summed E-state index contributed by atoms with van der Waals surface area (Å²) >= 11 is 0. The Morgan fingerprint density at radius 1 is 1.00 bits per heavy atom. The van der Waals surface area contributed by atoms with Crippen molar-refractivity contribution in [1.82, 2.24) is 19.9 Å². The van der Waals surface area contributed by atoms with E-state index in [2.05, 4.69) is 26.5 Å². The molecule has 0 amide bonds. The highest BCUT2D eigenvalue weighted by Gasteiger charge is 2.21. The van der Waals surface area contributed by atoms with Gasteiger partial charge in [0.2, 0.25) is 0 Å². The standard InChI is InChI=1S/C20H20N4O2/c1-4-20(2,3)17-14(21-12-22-17)11-16-19(26)23-15(18(25)24-16)10-13-8-6-5-7-9-13/h4-12H,1H2,2-3H3,(H,21,22)(H,23,26)(H,24,25)/b15-10+,16-11+. The number of aromatic nitrogens is 4. The van der Waals surface area contributed by atoms with Gasteiger partial charge in [-0.2, -0.15) is 0 Å². The number of hydrogen-bond donors (Lipinski definition) is 3. The van der Waals surface area contributed by atoms with E-state index in [0.29, 0.717) is 5.69 Å². The van der Waals surface area contributed by atoms with Gasteiger partial charge in [-0.05, 0) is 17.7 Å². The van der Waals surface area contributed by atoms with Gasteiger partial charge in [0.05, 0.1) is 17.7 Å². The zero-order valence-corrected chi connectivity index (χ0v) is 14.7. The van der Waals surface area contributed by atoms with Crippen LogP contribution in [0.2, 0.25) is 0 Å². The number of allylic oxidation sites excluding steroid dienone is 1. The van der Waals surface area contributed by atoms with Crippen LogP contribution in [0.15, 0.2) is 58.9 Å². The fourth-order valence-electron chi connectivity index (χ4n) is 2.58. The number of imidazole rings is 1.